The predicted molar refractivity (Wildman–Crippen MR) is 70.0 cm³/mol. The van der Waals surface area contributed by atoms with Crippen molar-refractivity contribution in [2.24, 2.45) is 5.41 Å². The fourth-order valence-electron chi connectivity index (χ4n) is 2.39. The van der Waals surface area contributed by atoms with Gasteiger partial charge in [0.1, 0.15) is 0 Å². The molecule has 0 aliphatic carbocycles. The molecule has 1 fully saturated rings. The molecule has 0 unspecified atom stereocenters. The monoisotopic (exact) mass is 268 g/mol. The van der Waals surface area contributed by atoms with Gasteiger partial charge in [-0.05, 0) is 43.4 Å². The molecule has 1 saturated heterocycles. The van der Waals surface area contributed by atoms with E-state index in [1.165, 1.54) is 0 Å². The van der Waals surface area contributed by atoms with Crippen LogP contribution in [0, 0.1) is 12.3 Å². The van der Waals surface area contributed by atoms with Crippen LogP contribution in [0.25, 0.3) is 0 Å². The summed E-state index contributed by atoms with van der Waals surface area (Å²) in [6.45, 7) is 2.99. The van der Waals surface area contributed by atoms with Crippen molar-refractivity contribution in [3.05, 3.63) is 34.3 Å². The van der Waals surface area contributed by atoms with Crippen LogP contribution in [0.15, 0.2) is 18.2 Å². The summed E-state index contributed by atoms with van der Waals surface area (Å²) in [6, 6.07) is 5.78. The molecule has 98 valence electrons. The molecule has 0 saturated carbocycles. The normalized spacial score (nSPS) is 18.6. The molecule has 0 atom stereocenters. The number of ether oxygens (including phenoxy) is 1. The molecule has 0 spiro atoms. The minimum atomic E-state index is -0.748. The van der Waals surface area contributed by atoms with Gasteiger partial charge in [-0.15, -0.1) is 0 Å². The SMILES string of the molecule is Cc1ccc(CC2(C(=O)O)CCOCC2)c(Cl)c1. The average molecular weight is 269 g/mol. The summed E-state index contributed by atoms with van der Waals surface area (Å²) in [6.07, 6.45) is 1.57. The summed E-state index contributed by atoms with van der Waals surface area (Å²) in [5, 5.41) is 10.2. The zero-order valence-corrected chi connectivity index (χ0v) is 11.2. The van der Waals surface area contributed by atoms with Crippen LogP contribution in [0.1, 0.15) is 24.0 Å². The zero-order valence-electron chi connectivity index (χ0n) is 10.4. The van der Waals surface area contributed by atoms with Crippen LogP contribution in [-0.4, -0.2) is 24.3 Å². The second-order valence-corrected chi connectivity index (χ2v) is 5.38. The van der Waals surface area contributed by atoms with Crippen LogP contribution in [0.5, 0.6) is 0 Å². The van der Waals surface area contributed by atoms with Gasteiger partial charge >= 0.3 is 5.97 Å². The maximum Gasteiger partial charge on any atom is 0.310 e. The minimum absolute atomic E-state index is 0.477. The van der Waals surface area contributed by atoms with Gasteiger partial charge in [0.2, 0.25) is 0 Å². The van der Waals surface area contributed by atoms with E-state index >= 15 is 0 Å². The number of aryl methyl sites for hydroxylation is 1. The Labute approximate surface area is 112 Å². The van der Waals surface area contributed by atoms with Crippen LogP contribution in [-0.2, 0) is 16.0 Å². The number of halogens is 1. The lowest BCUT2D eigenvalue weighted by atomic mass is 9.75. The van der Waals surface area contributed by atoms with Gasteiger partial charge in [0.15, 0.2) is 0 Å². The summed E-state index contributed by atoms with van der Waals surface area (Å²) >= 11 is 6.19. The molecular weight excluding hydrogens is 252 g/mol. The molecule has 4 heteroatoms. The highest BCUT2D eigenvalue weighted by molar-refractivity contribution is 6.31. The molecule has 1 aliphatic rings. The smallest absolute Gasteiger partial charge is 0.310 e. The van der Waals surface area contributed by atoms with Crippen molar-refractivity contribution in [2.45, 2.75) is 26.2 Å². The van der Waals surface area contributed by atoms with Crippen molar-refractivity contribution in [1.29, 1.82) is 0 Å². The highest BCUT2D eigenvalue weighted by Gasteiger charge is 2.40. The van der Waals surface area contributed by atoms with Gasteiger partial charge in [-0.25, -0.2) is 0 Å². The molecular formula is C14H17ClO3. The van der Waals surface area contributed by atoms with E-state index < -0.39 is 11.4 Å². The first-order chi connectivity index (χ1) is 8.53. The number of hydrogen-bond donors (Lipinski definition) is 1. The first kappa shape index (κ1) is 13.4. The number of carboxylic acids is 1. The van der Waals surface area contributed by atoms with Gasteiger partial charge in [0, 0.05) is 18.2 Å². The van der Waals surface area contributed by atoms with Gasteiger partial charge in [-0.3, -0.25) is 4.79 Å². The van der Waals surface area contributed by atoms with Gasteiger partial charge in [0.05, 0.1) is 5.41 Å². The first-order valence-electron chi connectivity index (χ1n) is 6.10. The third-order valence-electron chi connectivity index (χ3n) is 3.64. The molecule has 0 radical (unpaired) electrons. The van der Waals surface area contributed by atoms with E-state index in [0.717, 1.165) is 11.1 Å². The Hall–Kier alpha value is -1.06. The predicted octanol–water partition coefficient (Wildman–Crippen LogP) is 3.07. The summed E-state index contributed by atoms with van der Waals surface area (Å²) in [5.41, 5.74) is 1.27. The van der Waals surface area contributed by atoms with Gasteiger partial charge in [-0.2, -0.15) is 0 Å². The zero-order chi connectivity index (χ0) is 13.2. The summed E-state index contributed by atoms with van der Waals surface area (Å²) < 4.78 is 5.27. The Kier molecular flexibility index (Phi) is 3.93. The minimum Gasteiger partial charge on any atom is -0.481 e. The molecule has 0 bridgehead atoms. The molecule has 1 aromatic rings. The number of rotatable bonds is 3. The second-order valence-electron chi connectivity index (χ2n) is 4.97. The van der Waals surface area contributed by atoms with Crippen molar-refractivity contribution in [1.82, 2.24) is 0 Å². The Bertz CT molecular complexity index is 450. The molecule has 3 nitrogen and oxygen atoms in total. The number of aliphatic carboxylic acids is 1. The highest BCUT2D eigenvalue weighted by atomic mass is 35.5. The van der Waals surface area contributed by atoms with Crippen molar-refractivity contribution in [2.75, 3.05) is 13.2 Å². The fraction of sp³-hybridized carbons (Fsp3) is 0.500. The standard InChI is InChI=1S/C14H17ClO3/c1-10-2-3-11(12(15)8-10)9-14(13(16)17)4-6-18-7-5-14/h2-3,8H,4-7,9H2,1H3,(H,16,17). The average Bonchev–Trinajstić information content (AvgIpc) is 2.34. The van der Waals surface area contributed by atoms with E-state index in [0.29, 0.717) is 37.5 Å². The molecule has 0 aromatic heterocycles. The van der Waals surface area contributed by atoms with E-state index in [4.69, 9.17) is 16.3 Å². The summed E-state index contributed by atoms with van der Waals surface area (Å²) in [5.74, 6) is -0.748. The Morgan fingerprint density at radius 3 is 2.67 bits per heavy atom. The molecule has 1 aliphatic heterocycles. The van der Waals surface area contributed by atoms with Gasteiger partial charge < -0.3 is 9.84 Å². The number of hydrogen-bond acceptors (Lipinski definition) is 2. The highest BCUT2D eigenvalue weighted by Crippen LogP contribution is 2.36. The lowest BCUT2D eigenvalue weighted by Crippen LogP contribution is -2.39. The van der Waals surface area contributed by atoms with Crippen LogP contribution in [0.3, 0.4) is 0 Å². The van der Waals surface area contributed by atoms with E-state index in [2.05, 4.69) is 0 Å². The second kappa shape index (κ2) is 5.29. The molecule has 2 rings (SSSR count). The molecule has 18 heavy (non-hydrogen) atoms. The van der Waals surface area contributed by atoms with Crippen molar-refractivity contribution >= 4 is 17.6 Å². The quantitative estimate of drug-likeness (QED) is 0.916. The third-order valence-corrected chi connectivity index (χ3v) is 3.99. The lowest BCUT2D eigenvalue weighted by molar-refractivity contribution is -0.154. The van der Waals surface area contributed by atoms with Crippen LogP contribution < -0.4 is 0 Å². The van der Waals surface area contributed by atoms with Crippen molar-refractivity contribution in [3.63, 3.8) is 0 Å². The number of carboxylic acid groups (broad SMARTS) is 1. The molecule has 1 heterocycles. The number of benzene rings is 1. The van der Waals surface area contributed by atoms with E-state index in [-0.39, 0.29) is 0 Å². The molecule has 1 aromatic carbocycles. The summed E-state index contributed by atoms with van der Waals surface area (Å²) in [7, 11) is 0. The van der Waals surface area contributed by atoms with Crippen LogP contribution >= 0.6 is 11.6 Å². The third kappa shape index (κ3) is 2.68. The van der Waals surface area contributed by atoms with E-state index in [1.54, 1.807) is 0 Å². The first-order valence-corrected chi connectivity index (χ1v) is 6.47. The summed E-state index contributed by atoms with van der Waals surface area (Å²) in [4.78, 5) is 11.6. The fourth-order valence-corrected chi connectivity index (χ4v) is 2.69. The number of carbonyl (C=O) groups is 1. The Morgan fingerprint density at radius 2 is 2.11 bits per heavy atom. The van der Waals surface area contributed by atoms with Gasteiger partial charge in [0.25, 0.3) is 0 Å². The lowest BCUT2D eigenvalue weighted by Gasteiger charge is -2.33. The van der Waals surface area contributed by atoms with E-state index in [9.17, 15) is 9.90 Å². The Morgan fingerprint density at radius 1 is 1.44 bits per heavy atom. The molecule has 0 amide bonds. The Balaban J connectivity index is 2.26. The van der Waals surface area contributed by atoms with E-state index in [1.807, 2.05) is 25.1 Å². The van der Waals surface area contributed by atoms with Crippen molar-refractivity contribution < 1.29 is 14.6 Å². The topological polar surface area (TPSA) is 46.5 Å². The maximum absolute atomic E-state index is 11.6. The maximum atomic E-state index is 11.6. The van der Waals surface area contributed by atoms with Crippen LogP contribution in [0.2, 0.25) is 5.02 Å². The molecule has 1 N–H and O–H groups in total. The largest absolute Gasteiger partial charge is 0.481 e. The van der Waals surface area contributed by atoms with Crippen molar-refractivity contribution in [3.8, 4) is 0 Å². The van der Waals surface area contributed by atoms with Gasteiger partial charge in [-0.1, -0.05) is 23.7 Å². The van der Waals surface area contributed by atoms with Crippen LogP contribution in [0.4, 0.5) is 0 Å².